The van der Waals surface area contributed by atoms with Crippen LogP contribution in [0, 0.1) is 6.54 Å². The summed E-state index contributed by atoms with van der Waals surface area (Å²) in [5.74, 6) is 0. The summed E-state index contributed by atoms with van der Waals surface area (Å²) in [5.41, 5.74) is 0. The van der Waals surface area contributed by atoms with Crippen LogP contribution in [-0.4, -0.2) is 11.4 Å². The lowest BCUT2D eigenvalue weighted by molar-refractivity contribution is 0.733. The zero-order chi connectivity index (χ0) is 4.41. The predicted molar refractivity (Wildman–Crippen MR) is 28.8 cm³/mol. The molecule has 0 atom stereocenters. The Labute approximate surface area is 42.2 Å². The van der Waals surface area contributed by atoms with E-state index in [2.05, 4.69) is 0 Å². The quantitative estimate of drug-likeness (QED) is 0.421. The minimum atomic E-state index is 1.69. The molecule has 0 fully saturated rings. The Hall–Kier alpha value is 0.0500. The lowest BCUT2D eigenvalue weighted by atomic mass is 10.6. The van der Waals surface area contributed by atoms with Gasteiger partial charge in [-0.25, -0.2) is 4.31 Å². The van der Waals surface area contributed by atoms with E-state index in [-0.39, 0.29) is 0 Å². The molecule has 0 aromatic heterocycles. The lowest BCUT2D eigenvalue weighted by Crippen LogP contribution is -1.94. The molecule has 0 saturated heterocycles. The maximum absolute atomic E-state index is 2.04. The van der Waals surface area contributed by atoms with Crippen molar-refractivity contribution in [1.29, 1.82) is 0 Å². The first-order chi connectivity index (χ1) is 2.89. The second kappa shape index (κ2) is 1.67. The standard InChI is InChI=1S/C4H6NS/c1-5-3-2-4-6-5/h2-4H,1H3. The fraction of sp³-hybridized carbons (Fsp3) is 0.250. The van der Waals surface area contributed by atoms with Crippen LogP contribution in [0.25, 0.3) is 0 Å². The molecule has 0 aliphatic carbocycles. The van der Waals surface area contributed by atoms with E-state index in [1.165, 1.54) is 0 Å². The molecule has 0 unspecified atom stereocenters. The highest BCUT2D eigenvalue weighted by Gasteiger charge is 1.96. The Morgan fingerprint density at radius 1 is 1.67 bits per heavy atom. The largest absolute Gasteiger partial charge is 0.241 e. The van der Waals surface area contributed by atoms with Crippen LogP contribution in [-0.2, 0) is 0 Å². The molecule has 0 bridgehead atoms. The summed E-state index contributed by atoms with van der Waals surface area (Å²) in [6.45, 7) is 2.02. The first-order valence-electron chi connectivity index (χ1n) is 1.79. The van der Waals surface area contributed by atoms with Gasteiger partial charge in [0.05, 0.1) is 6.54 Å². The fourth-order valence-electron chi connectivity index (χ4n) is 0.323. The minimum Gasteiger partial charge on any atom is -0.241 e. The minimum absolute atomic E-state index is 1.69. The molecule has 1 aliphatic rings. The van der Waals surface area contributed by atoms with E-state index in [4.69, 9.17) is 0 Å². The molecular formula is C4H6NS. The maximum atomic E-state index is 2.04. The predicted octanol–water partition coefficient (Wildman–Crippen LogP) is 1.26. The monoisotopic (exact) mass is 100 g/mol. The lowest BCUT2D eigenvalue weighted by Gasteiger charge is -1.98. The van der Waals surface area contributed by atoms with E-state index in [9.17, 15) is 0 Å². The van der Waals surface area contributed by atoms with Crippen molar-refractivity contribution in [3.8, 4) is 0 Å². The number of likely N-dealkylation sites (N-methyl/N-ethyl adjacent to an activating group) is 1. The average molecular weight is 100 g/mol. The first-order valence-corrected chi connectivity index (χ1v) is 2.63. The van der Waals surface area contributed by atoms with E-state index in [1.54, 1.807) is 11.9 Å². The van der Waals surface area contributed by atoms with Crippen molar-refractivity contribution in [3.63, 3.8) is 0 Å². The van der Waals surface area contributed by atoms with Crippen molar-refractivity contribution < 1.29 is 0 Å². The highest BCUT2D eigenvalue weighted by Crippen LogP contribution is 2.16. The van der Waals surface area contributed by atoms with Gasteiger partial charge in [0.15, 0.2) is 0 Å². The van der Waals surface area contributed by atoms with Crippen LogP contribution in [0.1, 0.15) is 0 Å². The van der Waals surface area contributed by atoms with E-state index in [0.29, 0.717) is 0 Å². The molecule has 1 heterocycles. The summed E-state index contributed by atoms with van der Waals surface area (Å²) in [4.78, 5) is 0. The molecule has 6 heavy (non-hydrogen) atoms. The van der Waals surface area contributed by atoms with E-state index < -0.39 is 0 Å². The summed E-state index contributed by atoms with van der Waals surface area (Å²) < 4.78 is 2.04. The molecule has 33 valence electrons. The first kappa shape index (κ1) is 4.22. The normalized spacial score (nSPS) is 22.8. The molecule has 0 aromatic rings. The maximum Gasteiger partial charge on any atom is 0.0591 e. The Morgan fingerprint density at radius 3 is 2.67 bits per heavy atom. The molecule has 0 amide bonds. The molecule has 2 heteroatoms. The summed E-state index contributed by atoms with van der Waals surface area (Å²) in [5, 5.41) is 2.04. The van der Waals surface area contributed by atoms with Crippen LogP contribution in [0.3, 0.4) is 0 Å². The van der Waals surface area contributed by atoms with Gasteiger partial charge in [0.1, 0.15) is 0 Å². The summed E-state index contributed by atoms with van der Waals surface area (Å²) in [6, 6.07) is 0. The van der Waals surface area contributed by atoms with Gasteiger partial charge in [-0.1, -0.05) is 18.0 Å². The van der Waals surface area contributed by atoms with Crippen molar-refractivity contribution in [2.45, 2.75) is 0 Å². The Kier molecular flexibility index (Phi) is 1.17. The smallest absolute Gasteiger partial charge is 0.0591 e. The second-order valence-electron chi connectivity index (χ2n) is 1.13. The van der Waals surface area contributed by atoms with Crippen molar-refractivity contribution in [2.24, 2.45) is 0 Å². The van der Waals surface area contributed by atoms with E-state index in [0.717, 1.165) is 0 Å². The Balaban J connectivity index is 2.32. The van der Waals surface area contributed by atoms with Gasteiger partial charge in [-0.2, -0.15) is 0 Å². The van der Waals surface area contributed by atoms with E-state index in [1.807, 2.05) is 29.4 Å². The zero-order valence-electron chi connectivity index (χ0n) is 3.59. The third-order valence-electron chi connectivity index (χ3n) is 0.602. The molecule has 1 aliphatic heterocycles. The number of rotatable bonds is 0. The summed E-state index contributed by atoms with van der Waals surface area (Å²) in [7, 11) is 2.02. The molecule has 0 saturated carbocycles. The van der Waals surface area contributed by atoms with Crippen LogP contribution in [0.2, 0.25) is 0 Å². The molecule has 1 radical (unpaired) electrons. The third kappa shape index (κ3) is 0.758. The highest BCUT2D eigenvalue weighted by atomic mass is 32.2. The number of nitrogens with zero attached hydrogens (tertiary/aromatic N) is 1. The van der Waals surface area contributed by atoms with Gasteiger partial charge < -0.3 is 0 Å². The van der Waals surface area contributed by atoms with Crippen molar-refractivity contribution >= 4 is 11.9 Å². The number of hydrogen-bond acceptors (Lipinski definition) is 2. The molecular weight excluding hydrogens is 94.1 g/mol. The fourth-order valence-corrected chi connectivity index (χ4v) is 0.796. The van der Waals surface area contributed by atoms with Gasteiger partial charge in [-0.05, 0) is 12.5 Å². The molecule has 1 nitrogen and oxygen atoms in total. The van der Waals surface area contributed by atoms with Gasteiger partial charge in [0.25, 0.3) is 0 Å². The third-order valence-corrected chi connectivity index (χ3v) is 1.33. The van der Waals surface area contributed by atoms with E-state index >= 15 is 0 Å². The van der Waals surface area contributed by atoms with Crippen molar-refractivity contribution in [3.05, 3.63) is 18.0 Å². The molecule has 0 N–H and O–H groups in total. The summed E-state index contributed by atoms with van der Waals surface area (Å²) in [6.07, 6.45) is 2.02. The highest BCUT2D eigenvalue weighted by molar-refractivity contribution is 8.00. The van der Waals surface area contributed by atoms with Gasteiger partial charge in [0.2, 0.25) is 0 Å². The second-order valence-corrected chi connectivity index (χ2v) is 2.19. The number of hydrogen-bond donors (Lipinski definition) is 0. The van der Waals surface area contributed by atoms with Crippen LogP contribution in [0.4, 0.5) is 0 Å². The van der Waals surface area contributed by atoms with Gasteiger partial charge >= 0.3 is 0 Å². The summed E-state index contributed by atoms with van der Waals surface area (Å²) >= 11 is 1.69. The topological polar surface area (TPSA) is 3.24 Å². The van der Waals surface area contributed by atoms with Crippen LogP contribution in [0.15, 0.2) is 11.5 Å². The van der Waals surface area contributed by atoms with Crippen LogP contribution < -0.4 is 0 Å². The van der Waals surface area contributed by atoms with Crippen molar-refractivity contribution in [2.75, 3.05) is 7.05 Å². The van der Waals surface area contributed by atoms with Gasteiger partial charge in [-0.3, -0.25) is 0 Å². The van der Waals surface area contributed by atoms with Crippen LogP contribution in [0.5, 0.6) is 0 Å². The van der Waals surface area contributed by atoms with Gasteiger partial charge in [0, 0.05) is 0 Å². The van der Waals surface area contributed by atoms with Crippen molar-refractivity contribution in [1.82, 2.24) is 4.31 Å². The average Bonchev–Trinajstić information content (AvgIpc) is 1.86. The molecule has 1 rings (SSSR count). The zero-order valence-corrected chi connectivity index (χ0v) is 4.40. The Morgan fingerprint density at radius 2 is 2.50 bits per heavy atom. The Bertz CT molecular complexity index is 61.9. The van der Waals surface area contributed by atoms with Crippen LogP contribution >= 0.6 is 11.9 Å². The van der Waals surface area contributed by atoms with Gasteiger partial charge in [-0.15, -0.1) is 0 Å². The molecule has 0 aromatic carbocycles. The SMILES string of the molecule is CN1[CH]C=CS1. The molecule has 0 spiro atoms.